The van der Waals surface area contributed by atoms with Crippen LogP contribution in [0.2, 0.25) is 0 Å². The Balaban J connectivity index is 2.38. The highest BCUT2D eigenvalue weighted by Crippen LogP contribution is 2.30. The summed E-state index contributed by atoms with van der Waals surface area (Å²) < 4.78 is 32.6. The van der Waals surface area contributed by atoms with Gasteiger partial charge in [0.25, 0.3) is 0 Å². The molecule has 4 nitrogen and oxygen atoms in total. The van der Waals surface area contributed by atoms with Gasteiger partial charge >= 0.3 is 0 Å². The van der Waals surface area contributed by atoms with Crippen LogP contribution in [-0.2, 0) is 15.9 Å². The maximum absolute atomic E-state index is 12.9. The van der Waals surface area contributed by atoms with Crippen LogP contribution >= 0.6 is 11.6 Å². The number of nitrogens with zero attached hydrogens (tertiary/aromatic N) is 1. The molecule has 1 aromatic carbocycles. The van der Waals surface area contributed by atoms with E-state index in [0.717, 1.165) is 24.8 Å². The molecule has 1 saturated heterocycles. The van der Waals surface area contributed by atoms with E-state index in [4.69, 9.17) is 16.3 Å². The maximum atomic E-state index is 12.9. The van der Waals surface area contributed by atoms with Crippen LogP contribution in [0, 0.1) is 5.92 Å². The number of hydrogen-bond donors (Lipinski definition) is 0. The molecule has 1 atom stereocenters. The molecule has 0 bridgehead atoms. The molecule has 0 saturated carbocycles. The first kappa shape index (κ1) is 16.6. The molecular formula is C15H22ClNO3S. The third kappa shape index (κ3) is 3.71. The third-order valence-electron chi connectivity index (χ3n) is 3.98. The topological polar surface area (TPSA) is 46.6 Å². The molecule has 0 spiro atoms. The van der Waals surface area contributed by atoms with Crippen molar-refractivity contribution in [2.45, 2.75) is 37.0 Å². The maximum Gasteiger partial charge on any atom is 0.246 e. The van der Waals surface area contributed by atoms with Crippen molar-refractivity contribution in [1.29, 1.82) is 0 Å². The Hall–Kier alpha value is -0.780. The number of hydrogen-bond acceptors (Lipinski definition) is 3. The van der Waals surface area contributed by atoms with Gasteiger partial charge in [-0.15, -0.1) is 11.6 Å². The number of ether oxygens (including phenoxy) is 1. The van der Waals surface area contributed by atoms with E-state index in [-0.39, 0.29) is 10.8 Å². The molecule has 1 unspecified atom stereocenters. The first-order valence-electron chi connectivity index (χ1n) is 7.22. The highest BCUT2D eigenvalue weighted by atomic mass is 35.5. The van der Waals surface area contributed by atoms with E-state index in [1.807, 2.05) is 0 Å². The van der Waals surface area contributed by atoms with Gasteiger partial charge in [0.1, 0.15) is 10.6 Å². The molecule has 1 heterocycles. The molecule has 118 valence electrons. The Bertz CT molecular complexity index is 589. The summed E-state index contributed by atoms with van der Waals surface area (Å²) in [7, 11) is -2.05. The summed E-state index contributed by atoms with van der Waals surface area (Å²) in [5, 5.41) is 0. The van der Waals surface area contributed by atoms with E-state index >= 15 is 0 Å². The zero-order chi connectivity index (χ0) is 15.5. The predicted octanol–water partition coefficient (Wildman–Crippen LogP) is 3.24. The smallest absolute Gasteiger partial charge is 0.246 e. The third-order valence-corrected chi connectivity index (χ3v) is 6.20. The van der Waals surface area contributed by atoms with Crippen molar-refractivity contribution in [3.63, 3.8) is 0 Å². The number of sulfonamides is 1. The Morgan fingerprint density at radius 3 is 2.76 bits per heavy atom. The minimum Gasteiger partial charge on any atom is -0.495 e. The normalized spacial score (nSPS) is 21.0. The molecule has 1 aromatic rings. The quantitative estimate of drug-likeness (QED) is 0.796. The molecule has 0 radical (unpaired) electrons. The van der Waals surface area contributed by atoms with E-state index in [2.05, 4.69) is 6.92 Å². The van der Waals surface area contributed by atoms with Crippen LogP contribution in [-0.4, -0.2) is 32.9 Å². The second-order valence-electron chi connectivity index (χ2n) is 5.56. The van der Waals surface area contributed by atoms with Crippen LogP contribution in [0.1, 0.15) is 31.7 Å². The summed E-state index contributed by atoms with van der Waals surface area (Å²) in [5.41, 5.74) is 0.777. The van der Waals surface area contributed by atoms with Crippen molar-refractivity contribution in [2.75, 3.05) is 20.2 Å². The van der Waals surface area contributed by atoms with Gasteiger partial charge in [-0.2, -0.15) is 4.31 Å². The number of benzene rings is 1. The molecule has 1 fully saturated rings. The van der Waals surface area contributed by atoms with Gasteiger partial charge in [0.05, 0.1) is 7.11 Å². The predicted molar refractivity (Wildman–Crippen MR) is 84.3 cm³/mol. The minimum absolute atomic E-state index is 0.220. The molecule has 21 heavy (non-hydrogen) atoms. The molecule has 0 aromatic heterocycles. The van der Waals surface area contributed by atoms with Gasteiger partial charge in [0.15, 0.2) is 0 Å². The van der Waals surface area contributed by atoms with Crippen LogP contribution < -0.4 is 4.74 Å². The fourth-order valence-electron chi connectivity index (χ4n) is 2.62. The molecule has 0 amide bonds. The van der Waals surface area contributed by atoms with E-state index in [1.165, 1.54) is 7.11 Å². The summed E-state index contributed by atoms with van der Waals surface area (Å²) in [5.74, 6) is 1.23. The average Bonchev–Trinajstić information content (AvgIpc) is 2.71. The second kappa shape index (κ2) is 6.99. The summed E-state index contributed by atoms with van der Waals surface area (Å²) in [6, 6.07) is 5.08. The number of rotatable bonds is 4. The lowest BCUT2D eigenvalue weighted by Crippen LogP contribution is -2.32. The zero-order valence-corrected chi connectivity index (χ0v) is 14.1. The van der Waals surface area contributed by atoms with Crippen LogP contribution in [0.5, 0.6) is 5.75 Å². The fourth-order valence-corrected chi connectivity index (χ4v) is 4.49. The van der Waals surface area contributed by atoms with Crippen LogP contribution in [0.3, 0.4) is 0 Å². The van der Waals surface area contributed by atoms with Crippen molar-refractivity contribution >= 4 is 21.6 Å². The lowest BCUT2D eigenvalue weighted by atomic mass is 10.0. The first-order valence-corrected chi connectivity index (χ1v) is 9.19. The SMILES string of the molecule is COc1ccc(CCl)cc1S(=O)(=O)N1CCCC(C)CC1. The van der Waals surface area contributed by atoms with Crippen molar-refractivity contribution < 1.29 is 13.2 Å². The number of methoxy groups -OCH3 is 1. The Kier molecular flexibility index (Phi) is 5.52. The fraction of sp³-hybridized carbons (Fsp3) is 0.600. The average molecular weight is 332 g/mol. The minimum atomic E-state index is -3.53. The van der Waals surface area contributed by atoms with E-state index in [0.29, 0.717) is 24.8 Å². The molecular weight excluding hydrogens is 310 g/mol. The monoisotopic (exact) mass is 331 g/mol. The van der Waals surface area contributed by atoms with Gasteiger partial charge in [0.2, 0.25) is 10.0 Å². The lowest BCUT2D eigenvalue weighted by Gasteiger charge is -2.21. The Morgan fingerprint density at radius 2 is 2.10 bits per heavy atom. The zero-order valence-electron chi connectivity index (χ0n) is 12.5. The van der Waals surface area contributed by atoms with Crippen LogP contribution in [0.25, 0.3) is 0 Å². The molecule has 1 aliphatic rings. The van der Waals surface area contributed by atoms with Gasteiger partial charge in [-0.1, -0.05) is 13.0 Å². The summed E-state index contributed by atoms with van der Waals surface area (Å²) in [6.45, 7) is 3.31. The number of alkyl halides is 1. The highest BCUT2D eigenvalue weighted by molar-refractivity contribution is 7.89. The van der Waals surface area contributed by atoms with Crippen molar-refractivity contribution in [3.05, 3.63) is 23.8 Å². The molecule has 6 heteroatoms. The van der Waals surface area contributed by atoms with E-state index in [1.54, 1.807) is 22.5 Å². The summed E-state index contributed by atoms with van der Waals surface area (Å²) in [6.07, 6.45) is 2.87. The molecule has 0 aliphatic carbocycles. The van der Waals surface area contributed by atoms with Crippen molar-refractivity contribution in [1.82, 2.24) is 4.31 Å². The van der Waals surface area contributed by atoms with Crippen LogP contribution in [0.4, 0.5) is 0 Å². The van der Waals surface area contributed by atoms with E-state index < -0.39 is 10.0 Å². The summed E-state index contributed by atoms with van der Waals surface area (Å²) >= 11 is 5.83. The number of halogens is 1. The van der Waals surface area contributed by atoms with Gasteiger partial charge < -0.3 is 4.74 Å². The van der Waals surface area contributed by atoms with Crippen LogP contribution in [0.15, 0.2) is 23.1 Å². The van der Waals surface area contributed by atoms with Crippen molar-refractivity contribution in [3.8, 4) is 5.75 Å². The molecule has 2 rings (SSSR count). The summed E-state index contributed by atoms with van der Waals surface area (Å²) in [4.78, 5) is 0.220. The largest absolute Gasteiger partial charge is 0.495 e. The van der Waals surface area contributed by atoms with Gasteiger partial charge in [-0.05, 0) is 42.9 Å². The van der Waals surface area contributed by atoms with Gasteiger partial charge in [-0.25, -0.2) is 8.42 Å². The standard InChI is InChI=1S/C15H22ClNO3S/c1-12-4-3-8-17(9-7-12)21(18,19)15-10-13(11-16)5-6-14(15)20-2/h5-6,10,12H,3-4,7-9,11H2,1-2H3. The first-order chi connectivity index (χ1) is 9.98. The van der Waals surface area contributed by atoms with Gasteiger partial charge in [-0.3, -0.25) is 0 Å². The Labute approximate surface area is 132 Å². The second-order valence-corrected chi connectivity index (χ2v) is 7.73. The van der Waals surface area contributed by atoms with Gasteiger partial charge in [0, 0.05) is 19.0 Å². The Morgan fingerprint density at radius 1 is 1.33 bits per heavy atom. The van der Waals surface area contributed by atoms with Crippen molar-refractivity contribution in [2.24, 2.45) is 5.92 Å². The highest BCUT2D eigenvalue weighted by Gasteiger charge is 2.29. The van der Waals surface area contributed by atoms with E-state index in [9.17, 15) is 8.42 Å². The molecule has 0 N–H and O–H groups in total. The molecule has 1 aliphatic heterocycles. The lowest BCUT2D eigenvalue weighted by molar-refractivity contribution is 0.390.